The number of carbonyl (C=O) groups excluding carboxylic acids is 1. The zero-order valence-electron chi connectivity index (χ0n) is 22.1. The van der Waals surface area contributed by atoms with Gasteiger partial charge in [-0.15, -0.1) is 11.3 Å². The lowest BCUT2D eigenvalue weighted by atomic mass is 9.96. The number of hydrogen-bond donors (Lipinski definition) is 1. The van der Waals surface area contributed by atoms with Gasteiger partial charge >= 0.3 is 0 Å². The van der Waals surface area contributed by atoms with Crippen molar-refractivity contribution < 1.29 is 4.79 Å². The van der Waals surface area contributed by atoms with Gasteiger partial charge in [-0.1, -0.05) is 42.0 Å². The van der Waals surface area contributed by atoms with Crippen LogP contribution in [0.3, 0.4) is 0 Å². The standard InChI is InChI=1S/C30H34N6OS/c1-21-6-8-23(9-7-21)27-19-35(20-31-27)18-22-4-3-5-24(16-22)29(37)33-30-32-26-11-10-25(17-28(26)38-30)36-14-12-34(2)13-15-36/h3-9,16,19-20,25H,10-15,17-18H2,1-2H3,(H,32,33,37). The number of anilines is 1. The predicted octanol–water partition coefficient (Wildman–Crippen LogP) is 4.72. The third kappa shape index (κ3) is 5.57. The molecule has 2 aliphatic rings. The summed E-state index contributed by atoms with van der Waals surface area (Å²) in [7, 11) is 2.20. The van der Waals surface area contributed by atoms with Crippen molar-refractivity contribution in [3.63, 3.8) is 0 Å². The number of aryl methyl sites for hydroxylation is 2. The Bertz CT molecular complexity index is 1420. The molecule has 1 aliphatic carbocycles. The molecule has 1 fully saturated rings. The van der Waals surface area contributed by atoms with Crippen LogP contribution in [0.4, 0.5) is 5.13 Å². The summed E-state index contributed by atoms with van der Waals surface area (Å²) in [6.45, 7) is 7.30. The van der Waals surface area contributed by atoms with E-state index in [-0.39, 0.29) is 5.91 Å². The van der Waals surface area contributed by atoms with Crippen molar-refractivity contribution in [1.29, 1.82) is 0 Å². The van der Waals surface area contributed by atoms with Crippen LogP contribution in [-0.2, 0) is 19.4 Å². The molecule has 7 nitrogen and oxygen atoms in total. The fourth-order valence-corrected chi connectivity index (χ4v) is 6.49. The minimum Gasteiger partial charge on any atom is -0.332 e. The van der Waals surface area contributed by atoms with Crippen molar-refractivity contribution in [1.82, 2.24) is 24.3 Å². The molecule has 38 heavy (non-hydrogen) atoms. The number of thiazole rings is 1. The van der Waals surface area contributed by atoms with Crippen LogP contribution in [0.2, 0.25) is 0 Å². The molecule has 196 valence electrons. The summed E-state index contributed by atoms with van der Waals surface area (Å²) in [6, 6.07) is 16.8. The highest BCUT2D eigenvalue weighted by atomic mass is 32.1. The highest BCUT2D eigenvalue weighted by molar-refractivity contribution is 7.15. The summed E-state index contributed by atoms with van der Waals surface area (Å²) in [5.74, 6) is -0.112. The Morgan fingerprint density at radius 2 is 1.92 bits per heavy atom. The average molecular weight is 527 g/mol. The van der Waals surface area contributed by atoms with Crippen molar-refractivity contribution in [2.24, 2.45) is 0 Å². The van der Waals surface area contributed by atoms with E-state index in [2.05, 4.69) is 62.9 Å². The second-order valence-electron chi connectivity index (χ2n) is 10.6. The normalized spacial score (nSPS) is 18.3. The number of carbonyl (C=O) groups is 1. The fraction of sp³-hybridized carbons (Fsp3) is 0.367. The Hall–Kier alpha value is -3.33. The second-order valence-corrected chi connectivity index (χ2v) is 11.7. The van der Waals surface area contributed by atoms with Crippen molar-refractivity contribution in [2.75, 3.05) is 38.5 Å². The smallest absolute Gasteiger partial charge is 0.257 e. The lowest BCUT2D eigenvalue weighted by Crippen LogP contribution is -2.50. The van der Waals surface area contributed by atoms with Gasteiger partial charge in [0.2, 0.25) is 0 Å². The van der Waals surface area contributed by atoms with Crippen LogP contribution in [0, 0.1) is 6.92 Å². The van der Waals surface area contributed by atoms with Crippen molar-refractivity contribution in [3.05, 3.63) is 88.3 Å². The SMILES string of the molecule is Cc1ccc(-c2cn(Cc3cccc(C(=O)Nc4nc5c(s4)CC(N4CCN(C)CC4)CC5)c3)cn2)cc1. The lowest BCUT2D eigenvalue weighted by Gasteiger charge is -2.39. The van der Waals surface area contributed by atoms with Gasteiger partial charge in [-0.3, -0.25) is 15.0 Å². The monoisotopic (exact) mass is 526 g/mol. The third-order valence-electron chi connectivity index (χ3n) is 7.72. The van der Waals surface area contributed by atoms with Gasteiger partial charge in [-0.2, -0.15) is 0 Å². The number of rotatable bonds is 6. The maximum absolute atomic E-state index is 13.1. The molecule has 4 aromatic rings. The highest BCUT2D eigenvalue weighted by Crippen LogP contribution is 2.32. The van der Waals surface area contributed by atoms with Crippen LogP contribution in [-0.4, -0.2) is 69.5 Å². The van der Waals surface area contributed by atoms with Gasteiger partial charge in [-0.05, 0) is 50.9 Å². The van der Waals surface area contributed by atoms with Crippen molar-refractivity contribution in [3.8, 4) is 11.3 Å². The van der Waals surface area contributed by atoms with E-state index in [1.807, 2.05) is 36.8 Å². The Labute approximate surface area is 228 Å². The van der Waals surface area contributed by atoms with E-state index in [1.165, 1.54) is 10.4 Å². The molecule has 0 saturated carbocycles. The molecule has 2 aromatic carbocycles. The van der Waals surface area contributed by atoms with Gasteiger partial charge in [0.1, 0.15) is 0 Å². The maximum atomic E-state index is 13.1. The Balaban J connectivity index is 1.09. The minimum absolute atomic E-state index is 0.112. The molecule has 1 amide bonds. The van der Waals surface area contributed by atoms with Crippen molar-refractivity contribution >= 4 is 22.4 Å². The van der Waals surface area contributed by atoms with Crippen LogP contribution in [0.1, 0.15) is 38.5 Å². The second kappa shape index (κ2) is 10.8. The van der Waals surface area contributed by atoms with Crippen LogP contribution in [0.25, 0.3) is 11.3 Å². The number of nitrogens with zero attached hydrogens (tertiary/aromatic N) is 5. The Kier molecular flexibility index (Phi) is 7.10. The largest absolute Gasteiger partial charge is 0.332 e. The molecule has 1 saturated heterocycles. The van der Waals surface area contributed by atoms with E-state index < -0.39 is 0 Å². The molecule has 8 heteroatoms. The number of benzene rings is 2. The summed E-state index contributed by atoms with van der Waals surface area (Å²) in [5, 5.41) is 3.78. The topological polar surface area (TPSA) is 66.3 Å². The predicted molar refractivity (Wildman–Crippen MR) is 153 cm³/mol. The summed E-state index contributed by atoms with van der Waals surface area (Å²) >= 11 is 1.64. The summed E-state index contributed by atoms with van der Waals surface area (Å²) in [6.07, 6.45) is 7.07. The molecular formula is C30H34N6OS. The van der Waals surface area contributed by atoms with E-state index in [9.17, 15) is 4.79 Å². The average Bonchev–Trinajstić information content (AvgIpc) is 3.56. The molecule has 0 radical (unpaired) electrons. The Morgan fingerprint density at radius 3 is 2.74 bits per heavy atom. The molecule has 6 rings (SSSR count). The van der Waals surface area contributed by atoms with Crippen LogP contribution >= 0.6 is 11.3 Å². The molecule has 1 aliphatic heterocycles. The molecule has 1 atom stereocenters. The van der Waals surface area contributed by atoms with Gasteiger partial charge in [0, 0.05) is 61.0 Å². The molecule has 0 bridgehead atoms. The number of hydrogen-bond acceptors (Lipinski definition) is 6. The van der Waals surface area contributed by atoms with Gasteiger partial charge in [0.25, 0.3) is 5.91 Å². The molecule has 3 heterocycles. The molecule has 0 spiro atoms. The summed E-state index contributed by atoms with van der Waals surface area (Å²) in [5.41, 5.74) is 6.14. The molecular weight excluding hydrogens is 492 g/mol. The third-order valence-corrected chi connectivity index (χ3v) is 8.76. The highest BCUT2D eigenvalue weighted by Gasteiger charge is 2.29. The van der Waals surface area contributed by atoms with Crippen LogP contribution < -0.4 is 5.32 Å². The van der Waals surface area contributed by atoms with E-state index >= 15 is 0 Å². The zero-order valence-corrected chi connectivity index (χ0v) is 22.9. The van der Waals surface area contributed by atoms with E-state index in [0.29, 0.717) is 23.3 Å². The first kappa shape index (κ1) is 25.0. The zero-order chi connectivity index (χ0) is 26.1. The summed E-state index contributed by atoms with van der Waals surface area (Å²) in [4.78, 5) is 28.8. The fourth-order valence-electron chi connectivity index (χ4n) is 5.42. The molecule has 1 unspecified atom stereocenters. The van der Waals surface area contributed by atoms with E-state index in [1.54, 1.807) is 11.3 Å². The van der Waals surface area contributed by atoms with Crippen LogP contribution in [0.15, 0.2) is 61.1 Å². The number of imidazole rings is 1. The van der Waals surface area contributed by atoms with Gasteiger partial charge in [-0.25, -0.2) is 9.97 Å². The van der Waals surface area contributed by atoms with Gasteiger partial charge in [0.15, 0.2) is 5.13 Å². The van der Waals surface area contributed by atoms with E-state index in [0.717, 1.165) is 68.0 Å². The Morgan fingerprint density at radius 1 is 1.11 bits per heavy atom. The van der Waals surface area contributed by atoms with Gasteiger partial charge in [0.05, 0.1) is 17.7 Å². The number of amides is 1. The first-order chi connectivity index (χ1) is 18.5. The van der Waals surface area contributed by atoms with Crippen LogP contribution in [0.5, 0.6) is 0 Å². The van der Waals surface area contributed by atoms with E-state index in [4.69, 9.17) is 4.98 Å². The molecule has 2 aromatic heterocycles. The first-order valence-corrected chi connectivity index (χ1v) is 14.2. The minimum atomic E-state index is -0.112. The van der Waals surface area contributed by atoms with Crippen molar-refractivity contribution in [2.45, 2.75) is 38.8 Å². The summed E-state index contributed by atoms with van der Waals surface area (Å²) < 4.78 is 2.05. The number of piperazine rings is 1. The lowest BCUT2D eigenvalue weighted by molar-refractivity contribution is 0.102. The number of fused-ring (bicyclic) bond motifs is 1. The quantitative estimate of drug-likeness (QED) is 0.394. The number of likely N-dealkylation sites (N-methyl/N-ethyl adjacent to an activating group) is 1. The molecule has 1 N–H and O–H groups in total. The maximum Gasteiger partial charge on any atom is 0.257 e. The number of aromatic nitrogens is 3. The number of nitrogens with one attached hydrogen (secondary N) is 1. The van der Waals surface area contributed by atoms with Gasteiger partial charge < -0.3 is 9.47 Å². The first-order valence-electron chi connectivity index (χ1n) is 13.4.